The zero-order chi connectivity index (χ0) is 7.49. The van der Waals surface area contributed by atoms with Crippen LogP contribution in [0.15, 0.2) is 0 Å². The van der Waals surface area contributed by atoms with Gasteiger partial charge in [0.05, 0.1) is 0 Å². The molecule has 0 bridgehead atoms. The minimum absolute atomic E-state index is 0.231. The average molecular weight is 140 g/mol. The van der Waals surface area contributed by atoms with Gasteiger partial charge >= 0.3 is 6.18 Å². The van der Waals surface area contributed by atoms with E-state index in [1.54, 1.807) is 13.8 Å². The molecule has 0 saturated carbocycles. The molecular weight excluding hydrogens is 129 g/mol. The van der Waals surface area contributed by atoms with Gasteiger partial charge < -0.3 is 0 Å². The third kappa shape index (κ3) is 5.66. The van der Waals surface area contributed by atoms with E-state index in [2.05, 4.69) is 0 Å². The third-order valence-corrected chi connectivity index (χ3v) is 1.28. The van der Waals surface area contributed by atoms with Gasteiger partial charge in [-0.2, -0.15) is 13.2 Å². The Labute approximate surface area is 53.1 Å². The number of hydrogen-bond acceptors (Lipinski definition) is 0. The summed E-state index contributed by atoms with van der Waals surface area (Å²) in [5.41, 5.74) is 0. The van der Waals surface area contributed by atoms with Crippen molar-refractivity contribution in [3.8, 4) is 0 Å². The Morgan fingerprint density at radius 1 is 1.33 bits per heavy atom. The van der Waals surface area contributed by atoms with E-state index in [9.17, 15) is 13.2 Å². The lowest BCUT2D eigenvalue weighted by Crippen LogP contribution is -2.12. The van der Waals surface area contributed by atoms with Crippen LogP contribution in [0.4, 0.5) is 13.2 Å². The molecule has 3 heteroatoms. The fraction of sp³-hybridized carbons (Fsp3) is 1.00. The summed E-state index contributed by atoms with van der Waals surface area (Å²) in [5, 5.41) is 0. The van der Waals surface area contributed by atoms with Gasteiger partial charge in [0.1, 0.15) is 0 Å². The molecule has 0 saturated heterocycles. The van der Waals surface area contributed by atoms with E-state index in [1.165, 1.54) is 0 Å². The van der Waals surface area contributed by atoms with Crippen LogP contribution >= 0.6 is 0 Å². The fourth-order valence-corrected chi connectivity index (χ4v) is 0.539. The monoisotopic (exact) mass is 140 g/mol. The first-order valence-corrected chi connectivity index (χ1v) is 3.02. The summed E-state index contributed by atoms with van der Waals surface area (Å²) < 4.78 is 34.5. The lowest BCUT2D eigenvalue weighted by atomic mass is 10.1. The molecule has 0 aliphatic heterocycles. The molecule has 0 heterocycles. The average Bonchev–Trinajstić information content (AvgIpc) is 1.62. The number of halogens is 3. The van der Waals surface area contributed by atoms with E-state index >= 15 is 0 Å². The molecule has 0 aromatic rings. The Bertz CT molecular complexity index is 74.9. The Balaban J connectivity index is 3.47. The molecule has 0 nitrogen and oxygen atoms in total. The predicted octanol–water partition coefficient (Wildman–Crippen LogP) is 2.98. The zero-order valence-corrected chi connectivity index (χ0v) is 5.63. The van der Waals surface area contributed by atoms with Crippen LogP contribution in [0.2, 0.25) is 0 Å². The summed E-state index contributed by atoms with van der Waals surface area (Å²) in [6.45, 7) is 3.36. The first kappa shape index (κ1) is 8.79. The van der Waals surface area contributed by atoms with Crippen molar-refractivity contribution in [2.75, 3.05) is 0 Å². The maximum Gasteiger partial charge on any atom is 0.389 e. The standard InChI is InChI=1S/C6H11F3/c1-3-5(2)4-6(7,8)9/h5H,3-4H2,1-2H3/t5-/m0/s1. The van der Waals surface area contributed by atoms with E-state index in [-0.39, 0.29) is 5.92 Å². The van der Waals surface area contributed by atoms with Gasteiger partial charge in [0.25, 0.3) is 0 Å². The summed E-state index contributed by atoms with van der Waals surface area (Å²) in [6.07, 6.45) is -4.03. The molecule has 0 aliphatic rings. The Morgan fingerprint density at radius 2 is 1.78 bits per heavy atom. The summed E-state index contributed by atoms with van der Waals surface area (Å²) >= 11 is 0. The van der Waals surface area contributed by atoms with Gasteiger partial charge in [-0.3, -0.25) is 0 Å². The van der Waals surface area contributed by atoms with Gasteiger partial charge in [-0.15, -0.1) is 0 Å². The first-order valence-electron chi connectivity index (χ1n) is 3.02. The van der Waals surface area contributed by atoms with Crippen molar-refractivity contribution in [3.63, 3.8) is 0 Å². The molecule has 9 heavy (non-hydrogen) atoms. The second kappa shape index (κ2) is 3.08. The van der Waals surface area contributed by atoms with Crippen LogP contribution in [0, 0.1) is 5.92 Å². The number of rotatable bonds is 2. The lowest BCUT2D eigenvalue weighted by molar-refractivity contribution is -0.143. The van der Waals surface area contributed by atoms with Crippen LogP contribution in [0.5, 0.6) is 0 Å². The van der Waals surface area contributed by atoms with E-state index in [1.807, 2.05) is 0 Å². The molecule has 0 aromatic heterocycles. The SMILES string of the molecule is CC[C@H](C)CC(F)(F)F. The second-order valence-electron chi connectivity index (χ2n) is 2.33. The Morgan fingerprint density at radius 3 is 1.89 bits per heavy atom. The molecule has 0 aromatic carbocycles. The highest BCUT2D eigenvalue weighted by Gasteiger charge is 2.28. The molecule has 0 radical (unpaired) electrons. The van der Waals surface area contributed by atoms with Gasteiger partial charge in [-0.25, -0.2) is 0 Å². The van der Waals surface area contributed by atoms with Crippen LogP contribution in [-0.4, -0.2) is 6.18 Å². The fourth-order valence-electron chi connectivity index (χ4n) is 0.539. The van der Waals surface area contributed by atoms with Crippen molar-refractivity contribution in [1.29, 1.82) is 0 Å². The largest absolute Gasteiger partial charge is 0.389 e. The Kier molecular flexibility index (Phi) is 3.01. The second-order valence-corrected chi connectivity index (χ2v) is 2.33. The van der Waals surface area contributed by atoms with Crippen molar-refractivity contribution in [3.05, 3.63) is 0 Å². The van der Waals surface area contributed by atoms with Crippen LogP contribution in [0.25, 0.3) is 0 Å². The van der Waals surface area contributed by atoms with Gasteiger partial charge in [0, 0.05) is 6.42 Å². The Hall–Kier alpha value is -0.210. The van der Waals surface area contributed by atoms with Crippen LogP contribution in [-0.2, 0) is 0 Å². The van der Waals surface area contributed by atoms with Crippen LogP contribution in [0.3, 0.4) is 0 Å². The molecular formula is C6H11F3. The molecule has 0 rings (SSSR count). The third-order valence-electron chi connectivity index (χ3n) is 1.28. The maximum absolute atomic E-state index is 11.5. The van der Waals surface area contributed by atoms with Crippen molar-refractivity contribution in [1.82, 2.24) is 0 Å². The minimum atomic E-state index is -3.98. The maximum atomic E-state index is 11.5. The van der Waals surface area contributed by atoms with Crippen LogP contribution in [0.1, 0.15) is 26.7 Å². The number of alkyl halides is 3. The highest BCUT2D eigenvalue weighted by atomic mass is 19.4. The van der Waals surface area contributed by atoms with Crippen molar-refractivity contribution < 1.29 is 13.2 Å². The molecule has 56 valence electrons. The van der Waals surface area contributed by atoms with Crippen molar-refractivity contribution >= 4 is 0 Å². The van der Waals surface area contributed by atoms with Crippen molar-refractivity contribution in [2.45, 2.75) is 32.9 Å². The molecule has 1 atom stereocenters. The minimum Gasteiger partial charge on any atom is -0.171 e. The predicted molar refractivity (Wildman–Crippen MR) is 30.1 cm³/mol. The molecule has 0 aliphatic carbocycles. The molecule has 0 unspecified atom stereocenters. The van der Waals surface area contributed by atoms with Gasteiger partial charge in [-0.1, -0.05) is 20.3 Å². The zero-order valence-electron chi connectivity index (χ0n) is 5.63. The normalized spacial score (nSPS) is 15.7. The number of hydrogen-bond donors (Lipinski definition) is 0. The molecule has 0 spiro atoms. The first-order chi connectivity index (χ1) is 3.95. The van der Waals surface area contributed by atoms with E-state index in [4.69, 9.17) is 0 Å². The summed E-state index contributed by atoms with van der Waals surface area (Å²) in [6, 6.07) is 0. The quantitative estimate of drug-likeness (QED) is 0.553. The smallest absolute Gasteiger partial charge is 0.171 e. The van der Waals surface area contributed by atoms with E-state index in [0.717, 1.165) is 0 Å². The van der Waals surface area contributed by atoms with E-state index < -0.39 is 12.6 Å². The topological polar surface area (TPSA) is 0 Å². The highest BCUT2D eigenvalue weighted by Crippen LogP contribution is 2.25. The summed E-state index contributed by atoms with van der Waals surface area (Å²) in [4.78, 5) is 0. The van der Waals surface area contributed by atoms with Crippen LogP contribution < -0.4 is 0 Å². The molecule has 0 N–H and O–H groups in total. The summed E-state index contributed by atoms with van der Waals surface area (Å²) in [5.74, 6) is -0.231. The molecule has 0 amide bonds. The van der Waals surface area contributed by atoms with Gasteiger partial charge in [-0.05, 0) is 5.92 Å². The van der Waals surface area contributed by atoms with Crippen molar-refractivity contribution in [2.24, 2.45) is 5.92 Å². The van der Waals surface area contributed by atoms with Gasteiger partial charge in [0.15, 0.2) is 0 Å². The lowest BCUT2D eigenvalue weighted by Gasteiger charge is -2.10. The highest BCUT2D eigenvalue weighted by molar-refractivity contribution is 4.56. The van der Waals surface area contributed by atoms with E-state index in [0.29, 0.717) is 6.42 Å². The molecule has 0 fully saturated rings. The van der Waals surface area contributed by atoms with Gasteiger partial charge in [0.2, 0.25) is 0 Å². The summed E-state index contributed by atoms with van der Waals surface area (Å²) in [7, 11) is 0.